The molecule has 1 aliphatic carbocycles. The molecule has 21 heavy (non-hydrogen) atoms. The minimum atomic E-state index is 0.0187. The van der Waals surface area contributed by atoms with Crippen LogP contribution in [0.25, 0.3) is 0 Å². The standard InChI is InChI=1S/C16H32N4O/c1-11(2)18-16(17-10-15(21)20(5)6)19-14-8-12(3)7-13(4)9-14/h11-14H,7-10H2,1-6H3,(H2,17,18,19). The molecule has 0 spiro atoms. The van der Waals surface area contributed by atoms with Gasteiger partial charge in [-0.15, -0.1) is 0 Å². The van der Waals surface area contributed by atoms with E-state index in [1.54, 1.807) is 19.0 Å². The second-order valence-corrected chi connectivity index (χ2v) is 7.01. The molecule has 0 aromatic carbocycles. The molecule has 0 aromatic heterocycles. The molecule has 1 fully saturated rings. The van der Waals surface area contributed by atoms with Crippen molar-refractivity contribution in [2.24, 2.45) is 16.8 Å². The zero-order chi connectivity index (χ0) is 16.0. The Labute approximate surface area is 129 Å². The van der Waals surface area contributed by atoms with Crippen molar-refractivity contribution in [1.29, 1.82) is 0 Å². The topological polar surface area (TPSA) is 56.7 Å². The number of amides is 1. The SMILES string of the molecule is CC1CC(C)CC(NC(=NCC(=O)N(C)C)NC(C)C)C1. The number of guanidine groups is 1. The molecule has 0 aromatic rings. The molecule has 0 heterocycles. The summed E-state index contributed by atoms with van der Waals surface area (Å²) in [6.45, 7) is 8.97. The fourth-order valence-corrected chi connectivity index (χ4v) is 2.95. The number of likely N-dealkylation sites (N-methyl/N-ethyl adjacent to an activating group) is 1. The van der Waals surface area contributed by atoms with Crippen molar-refractivity contribution in [3.63, 3.8) is 0 Å². The van der Waals surface area contributed by atoms with Gasteiger partial charge in [-0.05, 0) is 44.9 Å². The molecule has 0 bridgehead atoms. The van der Waals surface area contributed by atoms with Crippen LogP contribution in [0.2, 0.25) is 0 Å². The molecule has 0 aliphatic heterocycles. The van der Waals surface area contributed by atoms with Crippen LogP contribution in [0.15, 0.2) is 4.99 Å². The van der Waals surface area contributed by atoms with E-state index in [-0.39, 0.29) is 12.5 Å². The van der Waals surface area contributed by atoms with E-state index in [9.17, 15) is 4.79 Å². The molecule has 2 unspecified atom stereocenters. The Morgan fingerprint density at radius 1 is 1.19 bits per heavy atom. The minimum Gasteiger partial charge on any atom is -0.354 e. The van der Waals surface area contributed by atoms with Crippen LogP contribution in [0.5, 0.6) is 0 Å². The Morgan fingerprint density at radius 3 is 2.24 bits per heavy atom. The largest absolute Gasteiger partial charge is 0.354 e. The fraction of sp³-hybridized carbons (Fsp3) is 0.875. The Kier molecular flexibility index (Phi) is 6.99. The third-order valence-corrected chi connectivity index (χ3v) is 3.82. The Hall–Kier alpha value is -1.26. The fourth-order valence-electron chi connectivity index (χ4n) is 2.95. The summed E-state index contributed by atoms with van der Waals surface area (Å²) in [6.07, 6.45) is 3.65. The first kappa shape index (κ1) is 17.8. The van der Waals surface area contributed by atoms with Crippen molar-refractivity contribution in [3.05, 3.63) is 0 Å². The maximum atomic E-state index is 11.7. The van der Waals surface area contributed by atoms with E-state index in [2.05, 4.69) is 43.3 Å². The van der Waals surface area contributed by atoms with Crippen molar-refractivity contribution in [2.45, 2.75) is 59.0 Å². The molecular formula is C16H32N4O. The minimum absolute atomic E-state index is 0.0187. The molecule has 122 valence electrons. The lowest BCUT2D eigenvalue weighted by Crippen LogP contribution is -2.48. The zero-order valence-corrected chi connectivity index (χ0v) is 14.4. The number of hydrogen-bond donors (Lipinski definition) is 2. The van der Waals surface area contributed by atoms with E-state index in [1.807, 2.05) is 0 Å². The van der Waals surface area contributed by atoms with E-state index in [4.69, 9.17) is 0 Å². The Morgan fingerprint density at radius 2 is 1.76 bits per heavy atom. The van der Waals surface area contributed by atoms with Gasteiger partial charge >= 0.3 is 0 Å². The van der Waals surface area contributed by atoms with Gasteiger partial charge < -0.3 is 15.5 Å². The third-order valence-electron chi connectivity index (χ3n) is 3.82. The first-order valence-electron chi connectivity index (χ1n) is 8.05. The summed E-state index contributed by atoms with van der Waals surface area (Å²) in [6, 6.07) is 0.743. The predicted octanol–water partition coefficient (Wildman–Crippen LogP) is 1.84. The van der Waals surface area contributed by atoms with Gasteiger partial charge in [-0.25, -0.2) is 4.99 Å². The van der Waals surface area contributed by atoms with Crippen molar-refractivity contribution in [2.75, 3.05) is 20.6 Å². The van der Waals surface area contributed by atoms with Crippen molar-refractivity contribution >= 4 is 11.9 Å². The number of aliphatic imine (C=N–C) groups is 1. The second-order valence-electron chi connectivity index (χ2n) is 7.01. The highest BCUT2D eigenvalue weighted by atomic mass is 16.2. The van der Waals surface area contributed by atoms with Gasteiger partial charge in [0.1, 0.15) is 6.54 Å². The van der Waals surface area contributed by atoms with Crippen LogP contribution < -0.4 is 10.6 Å². The zero-order valence-electron chi connectivity index (χ0n) is 14.4. The lowest BCUT2D eigenvalue weighted by Gasteiger charge is -2.33. The number of carbonyl (C=O) groups excluding carboxylic acids is 1. The van der Waals surface area contributed by atoms with E-state index in [0.717, 1.165) is 17.8 Å². The molecule has 1 rings (SSSR count). The first-order valence-corrected chi connectivity index (χ1v) is 8.05. The Balaban J connectivity index is 2.64. The molecule has 1 aliphatic rings. The van der Waals surface area contributed by atoms with Crippen LogP contribution in [0.3, 0.4) is 0 Å². The summed E-state index contributed by atoms with van der Waals surface area (Å²) in [5, 5.41) is 6.83. The van der Waals surface area contributed by atoms with Crippen LogP contribution in [-0.2, 0) is 4.79 Å². The van der Waals surface area contributed by atoms with Gasteiger partial charge in [-0.3, -0.25) is 4.79 Å². The van der Waals surface area contributed by atoms with Gasteiger partial charge in [0.05, 0.1) is 0 Å². The summed E-state index contributed by atoms with van der Waals surface area (Å²) in [5.41, 5.74) is 0. The molecule has 2 N–H and O–H groups in total. The maximum absolute atomic E-state index is 11.7. The van der Waals surface area contributed by atoms with Crippen LogP contribution in [-0.4, -0.2) is 49.5 Å². The van der Waals surface area contributed by atoms with Crippen LogP contribution in [0.1, 0.15) is 47.0 Å². The summed E-state index contributed by atoms with van der Waals surface area (Å²) >= 11 is 0. The van der Waals surface area contributed by atoms with Crippen LogP contribution in [0, 0.1) is 11.8 Å². The summed E-state index contributed by atoms with van der Waals surface area (Å²) < 4.78 is 0. The summed E-state index contributed by atoms with van der Waals surface area (Å²) in [7, 11) is 3.51. The number of hydrogen-bond acceptors (Lipinski definition) is 2. The molecule has 0 saturated heterocycles. The van der Waals surface area contributed by atoms with Crippen LogP contribution in [0.4, 0.5) is 0 Å². The monoisotopic (exact) mass is 296 g/mol. The summed E-state index contributed by atoms with van der Waals surface area (Å²) in [5.74, 6) is 2.27. The second kappa shape index (κ2) is 8.25. The first-order chi connectivity index (χ1) is 9.77. The van der Waals surface area contributed by atoms with Crippen molar-refractivity contribution in [3.8, 4) is 0 Å². The van der Waals surface area contributed by atoms with Gasteiger partial charge in [0, 0.05) is 26.2 Å². The number of carbonyl (C=O) groups is 1. The highest BCUT2D eigenvalue weighted by Crippen LogP contribution is 2.28. The number of nitrogens with one attached hydrogen (secondary N) is 2. The molecule has 1 amide bonds. The maximum Gasteiger partial charge on any atom is 0.243 e. The highest BCUT2D eigenvalue weighted by molar-refractivity contribution is 5.85. The van der Waals surface area contributed by atoms with Gasteiger partial charge in [-0.2, -0.15) is 0 Å². The van der Waals surface area contributed by atoms with Gasteiger partial charge in [0.15, 0.2) is 5.96 Å². The summed E-state index contributed by atoms with van der Waals surface area (Å²) in [4.78, 5) is 17.7. The van der Waals surface area contributed by atoms with Gasteiger partial charge in [0.25, 0.3) is 0 Å². The third kappa shape index (κ3) is 6.82. The number of nitrogens with zero attached hydrogens (tertiary/aromatic N) is 2. The van der Waals surface area contributed by atoms with E-state index in [1.165, 1.54) is 19.3 Å². The molecule has 5 nitrogen and oxygen atoms in total. The predicted molar refractivity (Wildman–Crippen MR) is 88.4 cm³/mol. The molecular weight excluding hydrogens is 264 g/mol. The molecule has 1 saturated carbocycles. The van der Waals surface area contributed by atoms with E-state index in [0.29, 0.717) is 12.1 Å². The van der Waals surface area contributed by atoms with Crippen molar-refractivity contribution < 1.29 is 4.79 Å². The quantitative estimate of drug-likeness (QED) is 0.615. The lowest BCUT2D eigenvalue weighted by molar-refractivity contribution is -0.127. The Bertz CT molecular complexity index is 355. The molecule has 2 atom stereocenters. The normalized spacial score (nSPS) is 26.6. The number of rotatable bonds is 4. The average Bonchev–Trinajstić information content (AvgIpc) is 2.33. The molecule has 0 radical (unpaired) electrons. The lowest BCUT2D eigenvalue weighted by atomic mass is 9.80. The van der Waals surface area contributed by atoms with Crippen LogP contribution >= 0.6 is 0 Å². The van der Waals surface area contributed by atoms with E-state index >= 15 is 0 Å². The van der Waals surface area contributed by atoms with Crippen molar-refractivity contribution in [1.82, 2.24) is 15.5 Å². The van der Waals surface area contributed by atoms with Gasteiger partial charge in [0.2, 0.25) is 5.91 Å². The average molecular weight is 296 g/mol. The smallest absolute Gasteiger partial charge is 0.243 e. The van der Waals surface area contributed by atoms with E-state index < -0.39 is 0 Å². The molecule has 5 heteroatoms. The van der Waals surface area contributed by atoms with Gasteiger partial charge in [-0.1, -0.05) is 13.8 Å². The highest BCUT2D eigenvalue weighted by Gasteiger charge is 2.24.